The van der Waals surface area contributed by atoms with Crippen molar-refractivity contribution < 1.29 is 14.3 Å². The van der Waals surface area contributed by atoms with Crippen LogP contribution in [0.1, 0.15) is 52.4 Å². The summed E-state index contributed by atoms with van der Waals surface area (Å²) in [6.45, 7) is 3.81. The molecule has 1 aromatic heterocycles. The van der Waals surface area contributed by atoms with E-state index in [1.54, 1.807) is 6.92 Å². The molecule has 1 aromatic carbocycles. The predicted octanol–water partition coefficient (Wildman–Crippen LogP) is 4.26. The molecular formula is C19H21FN2O2S. The number of hydrogen-bond donors (Lipinski definition) is 2. The van der Waals surface area contributed by atoms with Crippen LogP contribution in [-0.2, 0) is 12.8 Å². The van der Waals surface area contributed by atoms with Crippen molar-refractivity contribution in [3.63, 3.8) is 0 Å². The zero-order valence-corrected chi connectivity index (χ0v) is 15.1. The summed E-state index contributed by atoms with van der Waals surface area (Å²) in [5, 5.41) is 13.8. The highest BCUT2D eigenvalue weighted by molar-refractivity contribution is 7.14. The van der Waals surface area contributed by atoms with Crippen LogP contribution in [0.4, 0.5) is 4.39 Å². The minimum Gasteiger partial charge on any atom is -0.507 e. The van der Waals surface area contributed by atoms with Crippen molar-refractivity contribution in [3.05, 3.63) is 51.0 Å². The van der Waals surface area contributed by atoms with Gasteiger partial charge in [0.2, 0.25) is 0 Å². The average molecular weight is 360 g/mol. The Labute approximate surface area is 150 Å². The van der Waals surface area contributed by atoms with Crippen LogP contribution in [-0.4, -0.2) is 16.7 Å². The largest absolute Gasteiger partial charge is 0.507 e. The Morgan fingerprint density at radius 1 is 1.44 bits per heavy atom. The third kappa shape index (κ3) is 3.90. The molecular weight excluding hydrogens is 339 g/mol. The smallest absolute Gasteiger partial charge is 0.281 e. The van der Waals surface area contributed by atoms with Gasteiger partial charge in [0, 0.05) is 10.4 Å². The molecule has 1 amide bonds. The average Bonchev–Trinajstić information content (AvgIpc) is 3.04. The van der Waals surface area contributed by atoms with Crippen LogP contribution in [0.5, 0.6) is 5.75 Å². The number of hydrogen-bond acceptors (Lipinski definition) is 4. The molecule has 4 nitrogen and oxygen atoms in total. The lowest BCUT2D eigenvalue weighted by molar-refractivity contribution is 0.0958. The van der Waals surface area contributed by atoms with Gasteiger partial charge < -0.3 is 5.11 Å². The van der Waals surface area contributed by atoms with Crippen LogP contribution < -0.4 is 5.43 Å². The van der Waals surface area contributed by atoms with E-state index < -0.39 is 5.82 Å². The fraction of sp³-hybridized carbons (Fsp3) is 0.368. The van der Waals surface area contributed by atoms with Gasteiger partial charge >= 0.3 is 0 Å². The first kappa shape index (κ1) is 17.6. The van der Waals surface area contributed by atoms with E-state index in [-0.39, 0.29) is 17.2 Å². The minimum atomic E-state index is -0.468. The van der Waals surface area contributed by atoms with E-state index in [0.717, 1.165) is 19.3 Å². The molecule has 0 saturated heterocycles. The molecule has 0 aliphatic heterocycles. The molecule has 0 radical (unpaired) electrons. The highest BCUT2D eigenvalue weighted by Gasteiger charge is 2.22. The number of amides is 1. The SMILES string of the molecule is CC[C@@H]1CCc2sc(C(=O)N/N=C(\C)c3cc(F)ccc3O)cc2C1. The highest BCUT2D eigenvalue weighted by atomic mass is 32.1. The first-order valence-electron chi connectivity index (χ1n) is 8.43. The second kappa shape index (κ2) is 7.35. The number of halogens is 1. The summed E-state index contributed by atoms with van der Waals surface area (Å²) in [4.78, 5) is 14.3. The zero-order chi connectivity index (χ0) is 18.0. The minimum absolute atomic E-state index is 0.0749. The number of phenolic OH excluding ortho intramolecular Hbond substituents is 1. The van der Waals surface area contributed by atoms with E-state index >= 15 is 0 Å². The Morgan fingerprint density at radius 3 is 3.00 bits per heavy atom. The van der Waals surface area contributed by atoms with E-state index in [0.29, 0.717) is 16.5 Å². The van der Waals surface area contributed by atoms with E-state index in [2.05, 4.69) is 17.5 Å². The Kier molecular flexibility index (Phi) is 5.18. The number of nitrogens with zero attached hydrogens (tertiary/aromatic N) is 1. The molecule has 1 atom stereocenters. The number of phenols is 1. The number of fused-ring (bicyclic) bond motifs is 1. The summed E-state index contributed by atoms with van der Waals surface area (Å²) in [7, 11) is 0. The van der Waals surface area contributed by atoms with E-state index in [4.69, 9.17) is 0 Å². The Balaban J connectivity index is 1.72. The summed E-state index contributed by atoms with van der Waals surface area (Å²) >= 11 is 1.52. The number of hydrazone groups is 1. The third-order valence-electron chi connectivity index (χ3n) is 4.66. The van der Waals surface area contributed by atoms with Gasteiger partial charge in [-0.3, -0.25) is 4.79 Å². The first-order chi connectivity index (χ1) is 12.0. The maximum Gasteiger partial charge on any atom is 0.281 e. The molecule has 0 unspecified atom stereocenters. The van der Waals surface area contributed by atoms with Gasteiger partial charge in [-0.2, -0.15) is 5.10 Å². The van der Waals surface area contributed by atoms with E-state index in [1.165, 1.54) is 46.4 Å². The molecule has 1 aliphatic carbocycles. The van der Waals surface area contributed by atoms with Gasteiger partial charge in [-0.15, -0.1) is 11.3 Å². The fourth-order valence-corrected chi connectivity index (χ4v) is 4.21. The molecule has 2 aromatic rings. The first-order valence-corrected chi connectivity index (χ1v) is 9.24. The topological polar surface area (TPSA) is 61.7 Å². The lowest BCUT2D eigenvalue weighted by atomic mass is 9.87. The maximum absolute atomic E-state index is 13.3. The standard InChI is InChI=1S/C19H21FN2O2S/c1-3-12-4-7-17-13(8-12)9-18(25-17)19(24)22-21-11(2)15-10-14(20)5-6-16(15)23/h5-6,9-10,12,23H,3-4,7-8H2,1-2H3,(H,22,24)/b21-11+/t12-/m1/s1. The van der Waals surface area contributed by atoms with Crippen LogP contribution in [0.15, 0.2) is 29.4 Å². The summed E-state index contributed by atoms with van der Waals surface area (Å²) in [5.41, 5.74) is 4.38. The molecule has 3 rings (SSSR count). The molecule has 0 spiro atoms. The molecule has 0 bridgehead atoms. The maximum atomic E-state index is 13.3. The summed E-state index contributed by atoms with van der Waals surface area (Å²) in [6, 6.07) is 5.59. The highest BCUT2D eigenvalue weighted by Crippen LogP contribution is 2.33. The van der Waals surface area contributed by atoms with Crippen LogP contribution >= 0.6 is 11.3 Å². The van der Waals surface area contributed by atoms with Crippen molar-refractivity contribution in [1.29, 1.82) is 0 Å². The van der Waals surface area contributed by atoms with Gasteiger partial charge in [-0.1, -0.05) is 13.3 Å². The molecule has 1 heterocycles. The number of aryl methyl sites for hydroxylation is 1. The fourth-order valence-electron chi connectivity index (χ4n) is 3.11. The second-order valence-electron chi connectivity index (χ2n) is 6.38. The Morgan fingerprint density at radius 2 is 2.24 bits per heavy atom. The van der Waals surface area contributed by atoms with Crippen molar-refractivity contribution in [1.82, 2.24) is 5.43 Å². The lowest BCUT2D eigenvalue weighted by Gasteiger charge is -2.19. The number of carbonyl (C=O) groups excluding carboxylic acids is 1. The lowest BCUT2D eigenvalue weighted by Crippen LogP contribution is -2.18. The molecule has 0 saturated carbocycles. The van der Waals surface area contributed by atoms with Gasteiger partial charge in [0.25, 0.3) is 5.91 Å². The van der Waals surface area contributed by atoms with Crippen LogP contribution in [0.25, 0.3) is 0 Å². The molecule has 1 aliphatic rings. The summed E-state index contributed by atoms with van der Waals surface area (Å²) in [5.74, 6) is -0.115. The van der Waals surface area contributed by atoms with Crippen molar-refractivity contribution in [3.8, 4) is 5.75 Å². The van der Waals surface area contributed by atoms with Crippen molar-refractivity contribution in [2.24, 2.45) is 11.0 Å². The van der Waals surface area contributed by atoms with Crippen molar-refractivity contribution >= 4 is 23.0 Å². The normalized spacial score (nSPS) is 17.2. The molecule has 132 valence electrons. The van der Waals surface area contributed by atoms with Gasteiger partial charge in [-0.25, -0.2) is 9.82 Å². The summed E-state index contributed by atoms with van der Waals surface area (Å²) < 4.78 is 13.3. The number of rotatable bonds is 4. The quantitative estimate of drug-likeness (QED) is 0.632. The van der Waals surface area contributed by atoms with E-state index in [1.807, 2.05) is 6.07 Å². The molecule has 0 fully saturated rings. The summed E-state index contributed by atoms with van der Waals surface area (Å²) in [6.07, 6.45) is 4.42. The van der Waals surface area contributed by atoms with Gasteiger partial charge in [0.05, 0.1) is 10.6 Å². The number of nitrogens with one attached hydrogen (secondary N) is 1. The monoisotopic (exact) mass is 360 g/mol. The number of aromatic hydroxyl groups is 1. The predicted molar refractivity (Wildman–Crippen MR) is 97.9 cm³/mol. The Hall–Kier alpha value is -2.21. The van der Waals surface area contributed by atoms with E-state index in [9.17, 15) is 14.3 Å². The third-order valence-corrected chi connectivity index (χ3v) is 5.90. The molecule has 25 heavy (non-hydrogen) atoms. The number of benzene rings is 1. The molecule has 6 heteroatoms. The van der Waals surface area contributed by atoms with Crippen molar-refractivity contribution in [2.45, 2.75) is 39.5 Å². The van der Waals surface area contributed by atoms with Gasteiger partial charge in [0.1, 0.15) is 11.6 Å². The van der Waals surface area contributed by atoms with Crippen molar-refractivity contribution in [2.75, 3.05) is 0 Å². The number of thiophene rings is 1. The van der Waals surface area contributed by atoms with Gasteiger partial charge in [0.15, 0.2) is 0 Å². The van der Waals surface area contributed by atoms with Crippen LogP contribution in [0.3, 0.4) is 0 Å². The van der Waals surface area contributed by atoms with Gasteiger partial charge in [-0.05, 0) is 61.9 Å². The number of carbonyl (C=O) groups is 1. The second-order valence-corrected chi connectivity index (χ2v) is 7.51. The van der Waals surface area contributed by atoms with Crippen LogP contribution in [0, 0.1) is 11.7 Å². The Bertz CT molecular complexity index is 829. The van der Waals surface area contributed by atoms with Crippen LogP contribution in [0.2, 0.25) is 0 Å². The molecule has 2 N–H and O–H groups in total. The zero-order valence-electron chi connectivity index (χ0n) is 14.3.